The van der Waals surface area contributed by atoms with Crippen molar-refractivity contribution < 1.29 is 17.7 Å². The summed E-state index contributed by atoms with van der Waals surface area (Å²) in [6, 6.07) is 3.51. The SMILES string of the molecule is F[B-](F)(F)c1ccc2c(c1)OCCN2. The summed E-state index contributed by atoms with van der Waals surface area (Å²) in [5, 5.41) is 2.96. The Labute approximate surface area is 79.1 Å². The highest BCUT2D eigenvalue weighted by Gasteiger charge is 2.26. The number of rotatable bonds is 1. The van der Waals surface area contributed by atoms with Crippen LogP contribution in [0.4, 0.5) is 18.6 Å². The van der Waals surface area contributed by atoms with Crippen molar-refractivity contribution in [1.29, 1.82) is 0 Å². The summed E-state index contributed by atoms with van der Waals surface area (Å²) in [7, 11) is 0. The fraction of sp³-hybridized carbons (Fsp3) is 0.250. The Hall–Kier alpha value is -1.33. The maximum atomic E-state index is 12.3. The molecule has 0 fully saturated rings. The van der Waals surface area contributed by atoms with Crippen LogP contribution in [0.15, 0.2) is 18.2 Å². The molecule has 1 aromatic carbocycles. The molecule has 1 aliphatic rings. The van der Waals surface area contributed by atoms with Gasteiger partial charge in [0.2, 0.25) is 0 Å². The van der Waals surface area contributed by atoms with Crippen molar-refractivity contribution in [2.75, 3.05) is 18.5 Å². The molecule has 1 heterocycles. The third-order valence-corrected chi connectivity index (χ3v) is 2.06. The number of hydrogen-bond donors (Lipinski definition) is 1. The number of ether oxygens (including phenoxy) is 1. The summed E-state index contributed by atoms with van der Waals surface area (Å²) < 4.78 is 42.1. The monoisotopic (exact) mass is 202 g/mol. The van der Waals surface area contributed by atoms with Gasteiger partial charge in [0, 0.05) is 6.54 Å². The zero-order valence-corrected chi connectivity index (χ0v) is 7.27. The molecule has 0 bridgehead atoms. The van der Waals surface area contributed by atoms with E-state index in [1.807, 2.05) is 0 Å². The molecule has 1 aromatic rings. The second kappa shape index (κ2) is 3.11. The first-order chi connectivity index (χ1) is 6.57. The predicted octanol–water partition coefficient (Wildman–Crippen LogP) is 1.55. The van der Waals surface area contributed by atoms with Crippen LogP contribution >= 0.6 is 0 Å². The Morgan fingerprint density at radius 1 is 1.29 bits per heavy atom. The van der Waals surface area contributed by atoms with Crippen LogP contribution in [0.5, 0.6) is 5.75 Å². The van der Waals surface area contributed by atoms with Crippen LogP contribution in [0.2, 0.25) is 0 Å². The molecule has 2 rings (SSSR count). The van der Waals surface area contributed by atoms with Crippen molar-refractivity contribution in [2.24, 2.45) is 0 Å². The van der Waals surface area contributed by atoms with Gasteiger partial charge in [0.25, 0.3) is 0 Å². The van der Waals surface area contributed by atoms with Crippen molar-refractivity contribution in [1.82, 2.24) is 0 Å². The lowest BCUT2D eigenvalue weighted by molar-refractivity contribution is 0.323. The van der Waals surface area contributed by atoms with E-state index in [1.54, 1.807) is 0 Å². The molecule has 0 amide bonds. The highest BCUT2D eigenvalue weighted by atomic mass is 19.4. The Kier molecular flexibility index (Phi) is 2.05. The Morgan fingerprint density at radius 3 is 2.79 bits per heavy atom. The van der Waals surface area contributed by atoms with Crippen molar-refractivity contribution >= 4 is 18.1 Å². The van der Waals surface area contributed by atoms with Crippen molar-refractivity contribution in [3.05, 3.63) is 18.2 Å². The van der Waals surface area contributed by atoms with Gasteiger partial charge in [-0.2, -0.15) is 0 Å². The number of anilines is 1. The van der Waals surface area contributed by atoms with E-state index in [2.05, 4.69) is 5.32 Å². The van der Waals surface area contributed by atoms with Crippen LogP contribution in [0.3, 0.4) is 0 Å². The molecule has 76 valence electrons. The largest absolute Gasteiger partial charge is 0.509 e. The summed E-state index contributed by atoms with van der Waals surface area (Å²) >= 11 is 0. The molecule has 0 atom stereocenters. The lowest BCUT2D eigenvalue weighted by Gasteiger charge is -2.22. The first-order valence-electron chi connectivity index (χ1n) is 4.28. The normalized spacial score (nSPS) is 15.4. The van der Waals surface area contributed by atoms with Crippen molar-refractivity contribution in [3.63, 3.8) is 0 Å². The van der Waals surface area contributed by atoms with Crippen LogP contribution < -0.4 is 15.5 Å². The van der Waals surface area contributed by atoms with E-state index in [0.717, 1.165) is 12.1 Å². The zero-order chi connectivity index (χ0) is 10.2. The minimum Gasteiger partial charge on any atom is -0.490 e. The summed E-state index contributed by atoms with van der Waals surface area (Å²) in [6.07, 6.45) is 0. The standard InChI is InChI=1S/C8H8BF3NO/c10-9(11,12)6-1-2-7-8(5-6)14-4-3-13-7/h1-2,5,13H,3-4H2/q-1. The van der Waals surface area contributed by atoms with Crippen LogP contribution in [0.25, 0.3) is 0 Å². The van der Waals surface area contributed by atoms with Gasteiger partial charge in [-0.15, -0.1) is 5.46 Å². The molecule has 0 aliphatic carbocycles. The van der Waals surface area contributed by atoms with E-state index >= 15 is 0 Å². The third-order valence-electron chi connectivity index (χ3n) is 2.06. The van der Waals surface area contributed by atoms with Crippen LogP contribution in [0, 0.1) is 0 Å². The fourth-order valence-electron chi connectivity index (χ4n) is 1.35. The van der Waals surface area contributed by atoms with Gasteiger partial charge in [-0.25, -0.2) is 0 Å². The van der Waals surface area contributed by atoms with Gasteiger partial charge in [-0.05, 0) is 12.1 Å². The van der Waals surface area contributed by atoms with Gasteiger partial charge in [-0.3, -0.25) is 0 Å². The highest BCUT2D eigenvalue weighted by Crippen LogP contribution is 2.26. The molecule has 0 spiro atoms. The molecule has 1 aliphatic heterocycles. The maximum absolute atomic E-state index is 12.3. The minimum atomic E-state index is -4.94. The van der Waals surface area contributed by atoms with Crippen molar-refractivity contribution in [2.45, 2.75) is 0 Å². The number of benzene rings is 1. The fourth-order valence-corrected chi connectivity index (χ4v) is 1.35. The molecule has 0 unspecified atom stereocenters. The second-order valence-corrected chi connectivity index (χ2v) is 3.11. The van der Waals surface area contributed by atoms with Gasteiger partial charge in [0.15, 0.2) is 0 Å². The molecule has 2 nitrogen and oxygen atoms in total. The van der Waals surface area contributed by atoms with Gasteiger partial charge in [0.05, 0.1) is 5.69 Å². The number of fused-ring (bicyclic) bond motifs is 1. The number of nitrogens with one attached hydrogen (secondary N) is 1. The quantitative estimate of drug-likeness (QED) is 0.697. The third kappa shape index (κ3) is 1.64. The minimum absolute atomic E-state index is 0.285. The highest BCUT2D eigenvalue weighted by molar-refractivity contribution is 6.73. The lowest BCUT2D eigenvalue weighted by atomic mass is 9.80. The molecule has 14 heavy (non-hydrogen) atoms. The van der Waals surface area contributed by atoms with Gasteiger partial charge in [-0.1, -0.05) is 6.07 Å². The Morgan fingerprint density at radius 2 is 2.07 bits per heavy atom. The lowest BCUT2D eigenvalue weighted by Crippen LogP contribution is -2.34. The van der Waals surface area contributed by atoms with Gasteiger partial charge >= 0.3 is 6.98 Å². The first-order valence-corrected chi connectivity index (χ1v) is 4.28. The first kappa shape index (κ1) is 9.24. The summed E-state index contributed by atoms with van der Waals surface area (Å²) in [4.78, 5) is 0. The average molecular weight is 202 g/mol. The molecule has 1 N–H and O–H groups in total. The van der Waals surface area contributed by atoms with E-state index in [1.165, 1.54) is 6.07 Å². The van der Waals surface area contributed by atoms with Crippen LogP contribution in [-0.4, -0.2) is 20.1 Å². The molecule has 6 heteroatoms. The zero-order valence-electron chi connectivity index (χ0n) is 7.27. The van der Waals surface area contributed by atoms with Gasteiger partial charge < -0.3 is 23.0 Å². The number of hydrogen-bond acceptors (Lipinski definition) is 2. The average Bonchev–Trinajstić information content (AvgIpc) is 2.16. The van der Waals surface area contributed by atoms with E-state index in [9.17, 15) is 12.9 Å². The van der Waals surface area contributed by atoms with E-state index < -0.39 is 12.4 Å². The molecule has 0 saturated carbocycles. The van der Waals surface area contributed by atoms with Crippen LogP contribution in [-0.2, 0) is 0 Å². The predicted molar refractivity (Wildman–Crippen MR) is 49.1 cm³/mol. The molecular formula is C8H8BF3NO-. The van der Waals surface area contributed by atoms with Gasteiger partial charge in [0.1, 0.15) is 12.4 Å². The molecular weight excluding hydrogens is 194 g/mol. The van der Waals surface area contributed by atoms with E-state index in [0.29, 0.717) is 18.8 Å². The summed E-state index contributed by atoms with van der Waals surface area (Å²) in [5.41, 5.74) is 0.00694. The second-order valence-electron chi connectivity index (χ2n) is 3.11. The molecule has 0 radical (unpaired) electrons. The van der Waals surface area contributed by atoms with E-state index in [-0.39, 0.29) is 5.75 Å². The summed E-state index contributed by atoms with van der Waals surface area (Å²) in [5.74, 6) is 0.285. The molecule has 0 saturated heterocycles. The Bertz CT molecular complexity index is 353. The topological polar surface area (TPSA) is 21.3 Å². The smallest absolute Gasteiger partial charge is 0.490 e. The summed E-state index contributed by atoms with van der Waals surface area (Å²) in [6.45, 7) is -3.90. The Balaban J connectivity index is 2.39. The number of halogens is 3. The molecule has 0 aromatic heterocycles. The maximum Gasteiger partial charge on any atom is 0.509 e. The van der Waals surface area contributed by atoms with Crippen molar-refractivity contribution in [3.8, 4) is 5.75 Å². The van der Waals surface area contributed by atoms with Crippen LogP contribution in [0.1, 0.15) is 0 Å². The van der Waals surface area contributed by atoms with E-state index in [4.69, 9.17) is 4.74 Å².